The van der Waals surface area contributed by atoms with Gasteiger partial charge in [-0.25, -0.2) is 0 Å². The molecule has 2 rings (SSSR count). The summed E-state index contributed by atoms with van der Waals surface area (Å²) >= 11 is 6.47. The van der Waals surface area contributed by atoms with Crippen LogP contribution in [-0.2, 0) is 11.3 Å². The van der Waals surface area contributed by atoms with Crippen molar-refractivity contribution in [3.05, 3.63) is 28.8 Å². The Morgan fingerprint density at radius 3 is 2.95 bits per heavy atom. The molecule has 4 heteroatoms. The summed E-state index contributed by atoms with van der Waals surface area (Å²) in [5, 5.41) is 4.25. The van der Waals surface area contributed by atoms with E-state index in [0.29, 0.717) is 6.04 Å². The smallest absolute Gasteiger partial charge is 0.0721 e. The van der Waals surface area contributed by atoms with E-state index in [-0.39, 0.29) is 6.10 Å². The summed E-state index contributed by atoms with van der Waals surface area (Å²) in [6.45, 7) is 10.0. The summed E-state index contributed by atoms with van der Waals surface area (Å²) in [4.78, 5) is 2.33. The van der Waals surface area contributed by atoms with E-state index < -0.39 is 0 Å². The summed E-state index contributed by atoms with van der Waals surface area (Å²) in [6, 6.07) is 6.85. The van der Waals surface area contributed by atoms with Gasteiger partial charge in [-0.2, -0.15) is 0 Å². The molecular formula is C16H25ClN2O. The van der Waals surface area contributed by atoms with Crippen molar-refractivity contribution in [3.8, 4) is 0 Å². The van der Waals surface area contributed by atoms with Crippen LogP contribution in [0.5, 0.6) is 0 Å². The highest BCUT2D eigenvalue weighted by Gasteiger charge is 2.17. The fourth-order valence-corrected chi connectivity index (χ4v) is 2.77. The fourth-order valence-electron chi connectivity index (χ4n) is 2.45. The second kappa shape index (κ2) is 7.30. The molecule has 20 heavy (non-hydrogen) atoms. The third-order valence-corrected chi connectivity index (χ3v) is 3.82. The normalized spacial score (nSPS) is 20.2. The van der Waals surface area contributed by atoms with Gasteiger partial charge in [-0.15, -0.1) is 0 Å². The van der Waals surface area contributed by atoms with Gasteiger partial charge in [-0.3, -0.25) is 0 Å². The molecule has 1 heterocycles. The van der Waals surface area contributed by atoms with Gasteiger partial charge < -0.3 is 15.0 Å². The quantitative estimate of drug-likeness (QED) is 0.921. The van der Waals surface area contributed by atoms with Crippen molar-refractivity contribution in [1.29, 1.82) is 0 Å². The zero-order chi connectivity index (χ0) is 14.5. The molecule has 1 aromatic rings. The first-order valence-electron chi connectivity index (χ1n) is 7.44. The first kappa shape index (κ1) is 15.6. The summed E-state index contributed by atoms with van der Waals surface area (Å²) in [5.41, 5.74) is 2.35. The topological polar surface area (TPSA) is 24.5 Å². The van der Waals surface area contributed by atoms with Crippen molar-refractivity contribution >= 4 is 17.3 Å². The van der Waals surface area contributed by atoms with Crippen LogP contribution >= 0.6 is 11.6 Å². The van der Waals surface area contributed by atoms with E-state index in [9.17, 15) is 0 Å². The van der Waals surface area contributed by atoms with Crippen LogP contribution in [0.25, 0.3) is 0 Å². The van der Waals surface area contributed by atoms with E-state index in [2.05, 4.69) is 49.2 Å². The fraction of sp³-hybridized carbons (Fsp3) is 0.625. The number of rotatable bonds is 4. The maximum Gasteiger partial charge on any atom is 0.0721 e. The van der Waals surface area contributed by atoms with Crippen molar-refractivity contribution < 1.29 is 4.74 Å². The van der Waals surface area contributed by atoms with E-state index in [1.807, 2.05) is 0 Å². The lowest BCUT2D eigenvalue weighted by Gasteiger charge is -2.25. The molecule has 0 radical (unpaired) electrons. The van der Waals surface area contributed by atoms with Gasteiger partial charge in [-0.1, -0.05) is 31.5 Å². The van der Waals surface area contributed by atoms with E-state index in [4.69, 9.17) is 16.3 Å². The average Bonchev–Trinajstić information content (AvgIpc) is 2.61. The first-order chi connectivity index (χ1) is 9.56. The summed E-state index contributed by atoms with van der Waals surface area (Å²) in [7, 11) is 0. The summed E-state index contributed by atoms with van der Waals surface area (Å²) < 4.78 is 5.69. The molecular weight excluding hydrogens is 272 g/mol. The number of nitrogens with one attached hydrogen (secondary N) is 1. The van der Waals surface area contributed by atoms with Crippen molar-refractivity contribution in [2.45, 2.75) is 45.9 Å². The number of anilines is 1. The third-order valence-electron chi connectivity index (χ3n) is 3.52. The minimum Gasteiger partial charge on any atom is -0.377 e. The number of hydrogen-bond donors (Lipinski definition) is 1. The first-order valence-corrected chi connectivity index (χ1v) is 7.82. The van der Waals surface area contributed by atoms with Crippen LogP contribution in [0.15, 0.2) is 18.2 Å². The van der Waals surface area contributed by atoms with Gasteiger partial charge in [0.1, 0.15) is 0 Å². The Labute approximate surface area is 127 Å². The molecule has 0 aliphatic carbocycles. The Hall–Kier alpha value is -0.770. The van der Waals surface area contributed by atoms with Crippen molar-refractivity contribution in [1.82, 2.24) is 5.32 Å². The Morgan fingerprint density at radius 2 is 2.25 bits per heavy atom. The van der Waals surface area contributed by atoms with Crippen LogP contribution in [0.3, 0.4) is 0 Å². The molecule has 1 unspecified atom stereocenters. The Kier molecular flexibility index (Phi) is 5.70. The van der Waals surface area contributed by atoms with Crippen LogP contribution in [0.1, 0.15) is 32.8 Å². The molecule has 1 N–H and O–H groups in total. The lowest BCUT2D eigenvalue weighted by Crippen LogP contribution is -2.30. The molecule has 1 atom stereocenters. The minimum atomic E-state index is 0.260. The molecule has 1 aromatic carbocycles. The maximum absolute atomic E-state index is 6.47. The largest absolute Gasteiger partial charge is 0.377 e. The molecule has 112 valence electrons. The van der Waals surface area contributed by atoms with Crippen LogP contribution in [0, 0.1) is 0 Å². The second-order valence-corrected chi connectivity index (χ2v) is 6.21. The van der Waals surface area contributed by atoms with Gasteiger partial charge in [0, 0.05) is 32.3 Å². The number of hydrogen-bond acceptors (Lipinski definition) is 3. The highest BCUT2D eigenvalue weighted by atomic mass is 35.5. The van der Waals surface area contributed by atoms with Crippen LogP contribution in [0.2, 0.25) is 5.02 Å². The molecule has 0 saturated carbocycles. The van der Waals surface area contributed by atoms with E-state index in [0.717, 1.165) is 43.4 Å². The predicted octanol–water partition coefficient (Wildman–Crippen LogP) is 3.45. The van der Waals surface area contributed by atoms with E-state index in [1.165, 1.54) is 5.56 Å². The minimum absolute atomic E-state index is 0.260. The molecule has 0 amide bonds. The Bertz CT molecular complexity index is 436. The highest BCUT2D eigenvalue weighted by Crippen LogP contribution is 2.28. The second-order valence-electron chi connectivity index (χ2n) is 5.80. The van der Waals surface area contributed by atoms with Gasteiger partial charge in [0.05, 0.1) is 16.8 Å². The van der Waals surface area contributed by atoms with Crippen LogP contribution in [-0.4, -0.2) is 31.8 Å². The third kappa shape index (κ3) is 4.37. The summed E-state index contributed by atoms with van der Waals surface area (Å²) in [6.07, 6.45) is 1.31. The molecule has 1 saturated heterocycles. The Morgan fingerprint density at radius 1 is 1.45 bits per heavy atom. The number of nitrogens with zero attached hydrogens (tertiary/aromatic N) is 1. The number of benzene rings is 1. The van der Waals surface area contributed by atoms with E-state index >= 15 is 0 Å². The zero-order valence-electron chi connectivity index (χ0n) is 12.7. The van der Waals surface area contributed by atoms with Gasteiger partial charge >= 0.3 is 0 Å². The molecule has 3 nitrogen and oxygen atoms in total. The van der Waals surface area contributed by atoms with E-state index in [1.54, 1.807) is 0 Å². The Balaban J connectivity index is 2.08. The van der Waals surface area contributed by atoms with Gasteiger partial charge in [0.2, 0.25) is 0 Å². The number of ether oxygens (including phenoxy) is 1. The zero-order valence-corrected chi connectivity index (χ0v) is 13.4. The molecule has 1 aliphatic heterocycles. The van der Waals surface area contributed by atoms with Gasteiger partial charge in [-0.05, 0) is 31.0 Å². The lowest BCUT2D eigenvalue weighted by molar-refractivity contribution is 0.0821. The molecule has 0 spiro atoms. The van der Waals surface area contributed by atoms with Crippen molar-refractivity contribution in [2.24, 2.45) is 0 Å². The van der Waals surface area contributed by atoms with Gasteiger partial charge in [0.15, 0.2) is 0 Å². The van der Waals surface area contributed by atoms with Crippen molar-refractivity contribution in [3.63, 3.8) is 0 Å². The number of halogens is 1. The highest BCUT2D eigenvalue weighted by molar-refractivity contribution is 6.33. The van der Waals surface area contributed by atoms with Gasteiger partial charge in [0.25, 0.3) is 0 Å². The van der Waals surface area contributed by atoms with Crippen LogP contribution < -0.4 is 10.2 Å². The molecule has 0 aromatic heterocycles. The summed E-state index contributed by atoms with van der Waals surface area (Å²) in [5.74, 6) is 0. The SMILES string of the molecule is CC(C)NCc1ccc(N2CCCOC(C)C2)c(Cl)c1. The molecule has 1 aliphatic rings. The predicted molar refractivity (Wildman–Crippen MR) is 85.7 cm³/mol. The van der Waals surface area contributed by atoms with Crippen LogP contribution in [0.4, 0.5) is 5.69 Å². The van der Waals surface area contributed by atoms with Crippen molar-refractivity contribution in [2.75, 3.05) is 24.6 Å². The maximum atomic E-state index is 6.47. The monoisotopic (exact) mass is 296 g/mol. The molecule has 0 bridgehead atoms. The standard InChI is InChI=1S/C16H25ClN2O/c1-12(2)18-10-14-5-6-16(15(17)9-14)19-7-4-8-20-13(3)11-19/h5-6,9,12-13,18H,4,7-8,10-11H2,1-3H3. The lowest BCUT2D eigenvalue weighted by atomic mass is 10.1. The average molecular weight is 297 g/mol. The molecule has 1 fully saturated rings.